The van der Waals surface area contributed by atoms with Crippen molar-refractivity contribution in [2.75, 3.05) is 26.2 Å². The molecular formula is C19H27ClN4O2. The number of benzene rings is 1. The Hall–Kier alpha value is -1.79. The van der Waals surface area contributed by atoms with Crippen LogP contribution in [0.25, 0.3) is 11.0 Å². The van der Waals surface area contributed by atoms with Gasteiger partial charge >= 0.3 is 5.69 Å². The molecule has 2 aromatic rings. The summed E-state index contributed by atoms with van der Waals surface area (Å²) in [6.45, 7) is 7.02. The van der Waals surface area contributed by atoms with E-state index in [9.17, 15) is 9.59 Å². The molecule has 1 N–H and O–H groups in total. The first-order valence-electron chi connectivity index (χ1n) is 9.35. The molecule has 142 valence electrons. The van der Waals surface area contributed by atoms with E-state index < -0.39 is 0 Å². The Kier molecular flexibility index (Phi) is 5.73. The average Bonchev–Trinajstić information content (AvgIpc) is 3.27. The lowest BCUT2D eigenvalue weighted by molar-refractivity contribution is -0.130. The van der Waals surface area contributed by atoms with Gasteiger partial charge in [0, 0.05) is 45.7 Å². The monoisotopic (exact) mass is 378 g/mol. The summed E-state index contributed by atoms with van der Waals surface area (Å²) in [6, 6.07) is 7.87. The predicted molar refractivity (Wildman–Crippen MR) is 105 cm³/mol. The highest BCUT2D eigenvalue weighted by atomic mass is 35.5. The normalized spacial score (nSPS) is 21.8. The predicted octanol–water partition coefficient (Wildman–Crippen LogP) is 1.70. The van der Waals surface area contributed by atoms with E-state index >= 15 is 0 Å². The summed E-state index contributed by atoms with van der Waals surface area (Å²) in [6.07, 6.45) is 1.31. The Labute approximate surface area is 159 Å². The molecule has 2 saturated heterocycles. The molecule has 2 aliphatic heterocycles. The van der Waals surface area contributed by atoms with E-state index in [0.29, 0.717) is 31.3 Å². The van der Waals surface area contributed by atoms with Crippen molar-refractivity contribution in [3.05, 3.63) is 34.7 Å². The summed E-state index contributed by atoms with van der Waals surface area (Å²) in [5.41, 5.74) is 1.89. The molecule has 4 rings (SSSR count). The van der Waals surface area contributed by atoms with Crippen LogP contribution in [-0.2, 0) is 17.9 Å². The molecule has 1 aromatic heterocycles. The standard InChI is InChI=1S/C19H26N4O2.ClH/c1-2-8-22-16-5-3-4-6-17(16)23(19(22)25)9-7-18(24)21-12-14-10-20-11-15(14)13-21;/h3-6,14-15,20H,2,7-13H2,1H3;1H/t14-,15+;. The molecule has 26 heavy (non-hydrogen) atoms. The number of fused-ring (bicyclic) bond motifs is 2. The number of imidazole rings is 1. The lowest BCUT2D eigenvalue weighted by Crippen LogP contribution is -2.33. The maximum Gasteiger partial charge on any atom is 0.329 e. The Morgan fingerprint density at radius 3 is 2.23 bits per heavy atom. The fourth-order valence-corrected chi connectivity index (χ4v) is 4.35. The highest BCUT2D eigenvalue weighted by molar-refractivity contribution is 5.85. The quantitative estimate of drug-likeness (QED) is 0.861. The number of para-hydroxylation sites is 2. The van der Waals surface area contributed by atoms with Gasteiger partial charge in [0.1, 0.15) is 0 Å². The summed E-state index contributed by atoms with van der Waals surface area (Å²) < 4.78 is 3.59. The number of carbonyl (C=O) groups excluding carboxylic acids is 1. The lowest BCUT2D eigenvalue weighted by Gasteiger charge is -2.17. The van der Waals surface area contributed by atoms with Crippen molar-refractivity contribution in [1.82, 2.24) is 19.4 Å². The van der Waals surface area contributed by atoms with Crippen LogP contribution in [0, 0.1) is 11.8 Å². The molecule has 2 aliphatic rings. The van der Waals surface area contributed by atoms with Gasteiger partial charge in [-0.3, -0.25) is 13.9 Å². The Balaban J connectivity index is 0.00000196. The van der Waals surface area contributed by atoms with E-state index in [2.05, 4.69) is 12.2 Å². The van der Waals surface area contributed by atoms with E-state index in [1.54, 1.807) is 4.57 Å². The zero-order valence-electron chi connectivity index (χ0n) is 15.2. The molecule has 2 fully saturated rings. The number of halogens is 1. The number of hydrogen-bond donors (Lipinski definition) is 1. The van der Waals surface area contributed by atoms with E-state index in [1.165, 1.54) is 0 Å². The molecule has 0 unspecified atom stereocenters. The Morgan fingerprint density at radius 1 is 1.08 bits per heavy atom. The van der Waals surface area contributed by atoms with Crippen molar-refractivity contribution in [3.63, 3.8) is 0 Å². The lowest BCUT2D eigenvalue weighted by atomic mass is 10.0. The molecule has 6 nitrogen and oxygen atoms in total. The summed E-state index contributed by atoms with van der Waals surface area (Å²) in [4.78, 5) is 27.4. The van der Waals surface area contributed by atoms with Crippen molar-refractivity contribution in [3.8, 4) is 0 Å². The molecule has 3 heterocycles. The third kappa shape index (κ3) is 3.28. The Bertz CT molecular complexity index is 832. The minimum Gasteiger partial charge on any atom is -0.342 e. The van der Waals surface area contributed by atoms with Crippen LogP contribution in [0.3, 0.4) is 0 Å². The molecule has 0 aliphatic carbocycles. The van der Waals surface area contributed by atoms with Crippen LogP contribution in [0.1, 0.15) is 19.8 Å². The first kappa shape index (κ1) is 19.0. The average molecular weight is 379 g/mol. The highest BCUT2D eigenvalue weighted by Crippen LogP contribution is 2.26. The van der Waals surface area contributed by atoms with Crippen LogP contribution in [-0.4, -0.2) is 46.1 Å². The number of likely N-dealkylation sites (tertiary alicyclic amines) is 1. The van der Waals surface area contributed by atoms with Gasteiger partial charge < -0.3 is 10.2 Å². The molecule has 0 spiro atoms. The molecule has 0 saturated carbocycles. The number of hydrogen-bond acceptors (Lipinski definition) is 3. The van der Waals surface area contributed by atoms with Gasteiger partial charge in [0.05, 0.1) is 11.0 Å². The first-order chi connectivity index (χ1) is 12.2. The van der Waals surface area contributed by atoms with E-state index in [0.717, 1.165) is 43.6 Å². The SMILES string of the molecule is CCCn1c(=O)n(CCC(=O)N2C[C@H]3CNC[C@H]3C2)c2ccccc21.Cl. The second-order valence-electron chi connectivity index (χ2n) is 7.30. The van der Waals surface area contributed by atoms with Crippen molar-refractivity contribution in [1.29, 1.82) is 0 Å². The van der Waals surface area contributed by atoms with E-state index in [1.807, 2.05) is 33.7 Å². The number of aromatic nitrogens is 2. The number of amides is 1. The largest absolute Gasteiger partial charge is 0.342 e. The van der Waals surface area contributed by atoms with Gasteiger partial charge in [0.2, 0.25) is 5.91 Å². The van der Waals surface area contributed by atoms with Crippen LogP contribution in [0.2, 0.25) is 0 Å². The molecule has 1 amide bonds. The van der Waals surface area contributed by atoms with Gasteiger partial charge in [0.15, 0.2) is 0 Å². The highest BCUT2D eigenvalue weighted by Gasteiger charge is 2.37. The van der Waals surface area contributed by atoms with Crippen LogP contribution < -0.4 is 11.0 Å². The number of nitrogens with one attached hydrogen (secondary N) is 1. The summed E-state index contributed by atoms with van der Waals surface area (Å²) in [5.74, 6) is 1.39. The van der Waals surface area contributed by atoms with E-state index in [-0.39, 0.29) is 24.0 Å². The second-order valence-corrected chi connectivity index (χ2v) is 7.30. The zero-order chi connectivity index (χ0) is 17.4. The van der Waals surface area contributed by atoms with Crippen LogP contribution in [0.5, 0.6) is 0 Å². The van der Waals surface area contributed by atoms with Crippen LogP contribution >= 0.6 is 12.4 Å². The van der Waals surface area contributed by atoms with Crippen molar-refractivity contribution in [2.24, 2.45) is 11.8 Å². The van der Waals surface area contributed by atoms with Gasteiger partial charge in [-0.05, 0) is 30.4 Å². The fraction of sp³-hybridized carbons (Fsp3) is 0.579. The smallest absolute Gasteiger partial charge is 0.329 e. The second kappa shape index (κ2) is 7.84. The van der Waals surface area contributed by atoms with Gasteiger partial charge in [-0.15, -0.1) is 12.4 Å². The number of carbonyl (C=O) groups is 1. The maximum absolute atomic E-state index is 12.8. The third-order valence-electron chi connectivity index (χ3n) is 5.66. The topological polar surface area (TPSA) is 59.3 Å². The molecule has 0 bridgehead atoms. The van der Waals surface area contributed by atoms with Crippen molar-refractivity contribution >= 4 is 29.3 Å². The maximum atomic E-state index is 12.8. The summed E-state index contributed by atoms with van der Waals surface area (Å²) in [5, 5.41) is 3.40. The van der Waals surface area contributed by atoms with Crippen molar-refractivity contribution in [2.45, 2.75) is 32.9 Å². The molecule has 2 atom stereocenters. The Morgan fingerprint density at radius 2 is 1.65 bits per heavy atom. The summed E-state index contributed by atoms with van der Waals surface area (Å²) >= 11 is 0. The molecule has 1 aromatic carbocycles. The summed E-state index contributed by atoms with van der Waals surface area (Å²) in [7, 11) is 0. The van der Waals surface area contributed by atoms with E-state index in [4.69, 9.17) is 0 Å². The van der Waals surface area contributed by atoms with Gasteiger partial charge in [-0.2, -0.15) is 0 Å². The van der Waals surface area contributed by atoms with Gasteiger partial charge in [0.25, 0.3) is 0 Å². The molecule has 0 radical (unpaired) electrons. The van der Waals surface area contributed by atoms with Gasteiger partial charge in [-0.1, -0.05) is 19.1 Å². The minimum absolute atomic E-state index is 0. The molecule has 7 heteroatoms. The van der Waals surface area contributed by atoms with Gasteiger partial charge in [-0.25, -0.2) is 4.79 Å². The van der Waals surface area contributed by atoms with Crippen LogP contribution in [0.4, 0.5) is 0 Å². The molecular weight excluding hydrogens is 352 g/mol. The first-order valence-corrected chi connectivity index (χ1v) is 9.35. The third-order valence-corrected chi connectivity index (χ3v) is 5.66. The number of nitrogens with zero attached hydrogens (tertiary/aromatic N) is 3. The number of rotatable bonds is 5. The fourth-order valence-electron chi connectivity index (χ4n) is 4.35. The minimum atomic E-state index is -0.00154. The van der Waals surface area contributed by atoms with Crippen LogP contribution in [0.15, 0.2) is 29.1 Å². The zero-order valence-corrected chi connectivity index (χ0v) is 16.0. The number of aryl methyl sites for hydroxylation is 2. The van der Waals surface area contributed by atoms with Crippen molar-refractivity contribution < 1.29 is 4.79 Å².